The number of rotatable bonds is 5. The maximum absolute atomic E-state index is 12.5. The van der Waals surface area contributed by atoms with Crippen LogP contribution in [-0.2, 0) is 16.1 Å². The summed E-state index contributed by atoms with van der Waals surface area (Å²) in [4.78, 5) is 26.3. The Morgan fingerprint density at radius 2 is 2.00 bits per heavy atom. The third-order valence-corrected chi connectivity index (χ3v) is 4.81. The first-order chi connectivity index (χ1) is 13.0. The molecule has 1 heterocycles. The Bertz CT molecular complexity index is 860. The summed E-state index contributed by atoms with van der Waals surface area (Å²) >= 11 is 12.0. The Hall–Kier alpha value is -2.44. The van der Waals surface area contributed by atoms with E-state index in [1.807, 2.05) is 23.1 Å². The highest BCUT2D eigenvalue weighted by Gasteiger charge is 2.30. The van der Waals surface area contributed by atoms with Gasteiger partial charge in [0, 0.05) is 23.6 Å². The molecule has 0 fully saturated rings. The number of halogens is 2. The van der Waals surface area contributed by atoms with Crippen molar-refractivity contribution in [2.75, 3.05) is 25.0 Å². The summed E-state index contributed by atoms with van der Waals surface area (Å²) in [5, 5.41) is 6.47. The third-order valence-electron chi connectivity index (χ3n) is 4.23. The predicted octanol–water partition coefficient (Wildman–Crippen LogP) is 2.62. The lowest BCUT2D eigenvalue weighted by Crippen LogP contribution is -2.50. The molecule has 0 aromatic heterocycles. The SMILES string of the molecule is CNC(=O)[C@H]1CN(CC(=O)NCc2ccc(Cl)cc2Cl)c2ccccc2O1. The molecule has 2 N–H and O–H groups in total. The van der Waals surface area contributed by atoms with Gasteiger partial charge in [-0.1, -0.05) is 41.4 Å². The zero-order valence-electron chi connectivity index (χ0n) is 14.7. The van der Waals surface area contributed by atoms with Crippen LogP contribution in [0.15, 0.2) is 42.5 Å². The maximum Gasteiger partial charge on any atom is 0.262 e. The molecule has 2 aromatic rings. The monoisotopic (exact) mass is 407 g/mol. The summed E-state index contributed by atoms with van der Waals surface area (Å²) in [5.74, 6) is 0.155. The van der Waals surface area contributed by atoms with Gasteiger partial charge in [0.05, 0.1) is 18.8 Å². The lowest BCUT2D eigenvalue weighted by Gasteiger charge is -2.35. The maximum atomic E-state index is 12.5. The fourth-order valence-electron chi connectivity index (χ4n) is 2.84. The van der Waals surface area contributed by atoms with Gasteiger partial charge < -0.3 is 20.3 Å². The van der Waals surface area contributed by atoms with E-state index in [1.165, 1.54) is 0 Å². The number of amides is 2. The number of hydrogen-bond donors (Lipinski definition) is 2. The lowest BCUT2D eigenvalue weighted by atomic mass is 10.1. The van der Waals surface area contributed by atoms with Crippen LogP contribution in [0.3, 0.4) is 0 Å². The minimum atomic E-state index is -0.677. The van der Waals surface area contributed by atoms with Crippen molar-refractivity contribution in [1.29, 1.82) is 0 Å². The van der Waals surface area contributed by atoms with Crippen molar-refractivity contribution in [3.8, 4) is 5.75 Å². The summed E-state index contributed by atoms with van der Waals surface area (Å²) in [6.45, 7) is 0.671. The molecule has 1 atom stereocenters. The highest BCUT2D eigenvalue weighted by molar-refractivity contribution is 6.35. The van der Waals surface area contributed by atoms with Gasteiger partial charge in [-0.3, -0.25) is 9.59 Å². The summed E-state index contributed by atoms with van der Waals surface area (Å²) in [6, 6.07) is 12.5. The molecule has 6 nitrogen and oxygen atoms in total. The molecule has 2 aromatic carbocycles. The Labute approximate surface area is 167 Å². The molecule has 0 radical (unpaired) electrons. The number of fused-ring (bicyclic) bond motifs is 1. The zero-order chi connectivity index (χ0) is 19.4. The van der Waals surface area contributed by atoms with Crippen LogP contribution < -0.4 is 20.3 Å². The molecule has 1 aliphatic rings. The molecule has 0 bridgehead atoms. The minimum absolute atomic E-state index is 0.0963. The molecule has 0 spiro atoms. The minimum Gasteiger partial charge on any atom is -0.477 e. The first-order valence-electron chi connectivity index (χ1n) is 8.41. The van der Waals surface area contributed by atoms with Crippen molar-refractivity contribution in [2.45, 2.75) is 12.6 Å². The second kappa shape index (κ2) is 8.50. The summed E-state index contributed by atoms with van der Waals surface area (Å²) in [7, 11) is 1.55. The van der Waals surface area contributed by atoms with Crippen molar-refractivity contribution in [3.63, 3.8) is 0 Å². The van der Waals surface area contributed by atoms with Gasteiger partial charge in [-0.05, 0) is 29.8 Å². The van der Waals surface area contributed by atoms with E-state index in [0.717, 1.165) is 11.3 Å². The van der Waals surface area contributed by atoms with Crippen molar-refractivity contribution in [2.24, 2.45) is 0 Å². The van der Waals surface area contributed by atoms with Gasteiger partial charge in [0.1, 0.15) is 5.75 Å². The zero-order valence-corrected chi connectivity index (χ0v) is 16.2. The number of nitrogens with zero attached hydrogens (tertiary/aromatic N) is 1. The van der Waals surface area contributed by atoms with E-state index in [-0.39, 0.29) is 24.9 Å². The number of carbonyl (C=O) groups is 2. The number of para-hydroxylation sites is 2. The van der Waals surface area contributed by atoms with Crippen LogP contribution in [0.1, 0.15) is 5.56 Å². The molecule has 0 saturated heterocycles. The van der Waals surface area contributed by atoms with Gasteiger partial charge in [0.15, 0.2) is 6.10 Å². The van der Waals surface area contributed by atoms with E-state index < -0.39 is 6.10 Å². The third kappa shape index (κ3) is 4.64. The topological polar surface area (TPSA) is 70.7 Å². The molecule has 0 saturated carbocycles. The summed E-state index contributed by atoms with van der Waals surface area (Å²) in [5.41, 5.74) is 1.55. The van der Waals surface area contributed by atoms with Crippen molar-refractivity contribution < 1.29 is 14.3 Å². The van der Waals surface area contributed by atoms with Crippen LogP contribution in [0.5, 0.6) is 5.75 Å². The van der Waals surface area contributed by atoms with Crippen LogP contribution in [0, 0.1) is 0 Å². The normalized spacial score (nSPS) is 15.5. The van der Waals surface area contributed by atoms with Crippen molar-refractivity contribution >= 4 is 40.7 Å². The van der Waals surface area contributed by atoms with E-state index in [4.69, 9.17) is 27.9 Å². The quantitative estimate of drug-likeness (QED) is 0.798. The van der Waals surface area contributed by atoms with Gasteiger partial charge in [0.25, 0.3) is 5.91 Å². The number of anilines is 1. The molecule has 0 aliphatic carbocycles. The fraction of sp³-hybridized carbons (Fsp3) is 0.263. The van der Waals surface area contributed by atoms with Crippen LogP contribution in [-0.4, -0.2) is 38.1 Å². The lowest BCUT2D eigenvalue weighted by molar-refractivity contribution is -0.127. The van der Waals surface area contributed by atoms with E-state index in [1.54, 1.807) is 31.3 Å². The smallest absolute Gasteiger partial charge is 0.262 e. The number of nitrogens with one attached hydrogen (secondary N) is 2. The molecular formula is C19H19Cl2N3O3. The Kier molecular flexibility index (Phi) is 6.08. The van der Waals surface area contributed by atoms with E-state index >= 15 is 0 Å². The van der Waals surface area contributed by atoms with E-state index in [9.17, 15) is 9.59 Å². The van der Waals surface area contributed by atoms with Crippen LogP contribution in [0.25, 0.3) is 0 Å². The second-order valence-electron chi connectivity index (χ2n) is 6.08. The Balaban J connectivity index is 1.67. The van der Waals surface area contributed by atoms with Gasteiger partial charge in [0.2, 0.25) is 5.91 Å². The van der Waals surface area contributed by atoms with Crippen molar-refractivity contribution in [3.05, 3.63) is 58.1 Å². The van der Waals surface area contributed by atoms with E-state index in [0.29, 0.717) is 22.3 Å². The average Bonchev–Trinajstić information content (AvgIpc) is 2.66. The summed E-state index contributed by atoms with van der Waals surface area (Å²) in [6.07, 6.45) is -0.677. The van der Waals surface area contributed by atoms with Gasteiger partial charge >= 0.3 is 0 Å². The van der Waals surface area contributed by atoms with Gasteiger partial charge in [-0.25, -0.2) is 0 Å². The van der Waals surface area contributed by atoms with Gasteiger partial charge in [-0.2, -0.15) is 0 Å². The van der Waals surface area contributed by atoms with Crippen LogP contribution >= 0.6 is 23.2 Å². The van der Waals surface area contributed by atoms with Crippen LogP contribution in [0.4, 0.5) is 5.69 Å². The molecule has 1 aliphatic heterocycles. The molecule has 8 heteroatoms. The molecule has 3 rings (SSSR count). The number of ether oxygens (including phenoxy) is 1. The Morgan fingerprint density at radius 3 is 2.74 bits per heavy atom. The average molecular weight is 408 g/mol. The molecular weight excluding hydrogens is 389 g/mol. The second-order valence-corrected chi connectivity index (χ2v) is 6.93. The number of carbonyl (C=O) groups excluding carboxylic acids is 2. The number of benzene rings is 2. The summed E-state index contributed by atoms with van der Waals surface area (Å²) < 4.78 is 5.74. The van der Waals surface area contributed by atoms with Crippen LogP contribution in [0.2, 0.25) is 10.0 Å². The molecule has 0 unspecified atom stereocenters. The predicted molar refractivity (Wildman–Crippen MR) is 105 cm³/mol. The van der Waals surface area contributed by atoms with Gasteiger partial charge in [-0.15, -0.1) is 0 Å². The Morgan fingerprint density at radius 1 is 1.22 bits per heavy atom. The highest BCUT2D eigenvalue weighted by Crippen LogP contribution is 2.32. The number of hydrogen-bond acceptors (Lipinski definition) is 4. The first kappa shape index (κ1) is 19.3. The van der Waals surface area contributed by atoms with E-state index in [2.05, 4.69) is 10.6 Å². The largest absolute Gasteiger partial charge is 0.477 e. The number of likely N-dealkylation sites (N-methyl/N-ethyl adjacent to an activating group) is 1. The molecule has 27 heavy (non-hydrogen) atoms. The standard InChI is InChI=1S/C19H19Cl2N3O3/c1-22-19(26)17-10-24(15-4-2-3-5-16(15)27-17)11-18(25)23-9-12-6-7-13(20)8-14(12)21/h2-8,17H,9-11H2,1H3,(H,22,26)(H,23,25)/t17-/m1/s1. The molecule has 2 amide bonds. The molecule has 142 valence electrons. The highest BCUT2D eigenvalue weighted by atomic mass is 35.5. The van der Waals surface area contributed by atoms with Crippen molar-refractivity contribution in [1.82, 2.24) is 10.6 Å². The fourth-order valence-corrected chi connectivity index (χ4v) is 3.32. The first-order valence-corrected chi connectivity index (χ1v) is 9.16.